The molecule has 208 valence electrons. The molecule has 3 saturated carbocycles. The number of benzene rings is 1. The van der Waals surface area contributed by atoms with E-state index in [2.05, 4.69) is 51.2 Å². The first kappa shape index (κ1) is 26.5. The molecule has 0 bridgehead atoms. The molecule has 3 N–H and O–H groups in total. The van der Waals surface area contributed by atoms with Gasteiger partial charge in [-0.15, -0.1) is 0 Å². The Bertz CT molecular complexity index is 1230. The standard InChI is InChI=1S/C33H47NO4/c1-18(2)9-10-20-21(26(36)28-30(5,6)38-28)11-12-23-25(20)22-17-19-13-16-33(37)29(3,4)24(35)14-15-31(33,7)32(19,8)27(22)34-23/h9,11-12,19,22,26-28,34,36-37H,10,13-17H2,1-8H3. The van der Waals surface area contributed by atoms with Crippen LogP contribution in [0.5, 0.6) is 0 Å². The number of rotatable bonds is 4. The number of anilines is 1. The van der Waals surface area contributed by atoms with Crippen molar-refractivity contribution in [1.29, 1.82) is 0 Å². The van der Waals surface area contributed by atoms with Crippen molar-refractivity contribution in [1.82, 2.24) is 0 Å². The van der Waals surface area contributed by atoms with E-state index in [0.29, 0.717) is 24.7 Å². The number of ketones is 1. The number of hydrogen-bond acceptors (Lipinski definition) is 5. The van der Waals surface area contributed by atoms with Crippen LogP contribution in [-0.2, 0) is 16.0 Å². The summed E-state index contributed by atoms with van der Waals surface area (Å²) in [7, 11) is 0. The molecule has 0 spiro atoms. The van der Waals surface area contributed by atoms with E-state index in [1.165, 1.54) is 22.4 Å². The molecular formula is C33H47NO4. The van der Waals surface area contributed by atoms with Crippen LogP contribution in [0.25, 0.3) is 0 Å². The smallest absolute Gasteiger partial charge is 0.141 e. The Hall–Kier alpha value is -1.69. The fourth-order valence-electron chi connectivity index (χ4n) is 9.71. The van der Waals surface area contributed by atoms with Crippen LogP contribution in [0, 0.1) is 22.2 Å². The zero-order valence-corrected chi connectivity index (χ0v) is 24.6. The second-order valence-corrected chi connectivity index (χ2v) is 14.9. The Balaban J connectivity index is 1.45. The van der Waals surface area contributed by atoms with Gasteiger partial charge in [-0.2, -0.15) is 0 Å². The summed E-state index contributed by atoms with van der Waals surface area (Å²) in [5, 5.41) is 27.9. The van der Waals surface area contributed by atoms with Crippen molar-refractivity contribution >= 4 is 11.5 Å². The van der Waals surface area contributed by atoms with Gasteiger partial charge in [-0.25, -0.2) is 0 Å². The number of ether oxygens (including phenoxy) is 1. The second kappa shape index (κ2) is 7.95. The van der Waals surface area contributed by atoms with Gasteiger partial charge in [0.1, 0.15) is 18.0 Å². The van der Waals surface area contributed by atoms with Crippen molar-refractivity contribution < 1.29 is 19.7 Å². The molecule has 5 aliphatic rings. The molecule has 0 aromatic heterocycles. The summed E-state index contributed by atoms with van der Waals surface area (Å²) >= 11 is 0. The number of Topliss-reactive ketones (excluding diaryl/α,β-unsaturated/α-hetero) is 1. The lowest BCUT2D eigenvalue weighted by Gasteiger charge is -2.68. The van der Waals surface area contributed by atoms with Gasteiger partial charge in [0.2, 0.25) is 0 Å². The zero-order chi connectivity index (χ0) is 27.6. The van der Waals surface area contributed by atoms with Gasteiger partial charge in [-0.05, 0) is 93.9 Å². The Labute approximate surface area is 228 Å². The third-order valence-corrected chi connectivity index (χ3v) is 12.4. The van der Waals surface area contributed by atoms with Crippen molar-refractivity contribution in [2.75, 3.05) is 5.32 Å². The molecule has 8 unspecified atom stereocenters. The van der Waals surface area contributed by atoms with Crippen molar-refractivity contribution in [3.8, 4) is 0 Å². The number of carbonyl (C=O) groups excluding carboxylic acids is 1. The minimum absolute atomic E-state index is 0.157. The number of carbonyl (C=O) groups is 1. The molecule has 6 rings (SSSR count). The highest BCUT2D eigenvalue weighted by Crippen LogP contribution is 2.74. The Morgan fingerprint density at radius 1 is 1.16 bits per heavy atom. The van der Waals surface area contributed by atoms with Gasteiger partial charge in [-0.1, -0.05) is 45.4 Å². The molecule has 2 aliphatic heterocycles. The average molecular weight is 522 g/mol. The Kier molecular flexibility index (Phi) is 5.55. The van der Waals surface area contributed by atoms with Gasteiger partial charge in [-0.3, -0.25) is 4.79 Å². The van der Waals surface area contributed by atoms with E-state index < -0.39 is 17.1 Å². The molecule has 8 atom stereocenters. The Morgan fingerprint density at radius 2 is 1.84 bits per heavy atom. The summed E-state index contributed by atoms with van der Waals surface area (Å²) in [5.41, 5.74) is 3.44. The molecule has 0 radical (unpaired) electrons. The number of fused-ring (bicyclic) bond motifs is 7. The van der Waals surface area contributed by atoms with Crippen LogP contribution in [0.1, 0.15) is 116 Å². The van der Waals surface area contributed by atoms with E-state index in [-0.39, 0.29) is 34.4 Å². The molecule has 4 fully saturated rings. The van der Waals surface area contributed by atoms with E-state index in [9.17, 15) is 15.0 Å². The molecule has 38 heavy (non-hydrogen) atoms. The summed E-state index contributed by atoms with van der Waals surface area (Å²) < 4.78 is 5.88. The summed E-state index contributed by atoms with van der Waals surface area (Å²) in [6, 6.07) is 4.46. The van der Waals surface area contributed by atoms with Crippen molar-refractivity contribution in [3.05, 3.63) is 40.5 Å². The Morgan fingerprint density at radius 3 is 2.47 bits per heavy atom. The SMILES string of the molecule is CC(C)=CCc1c(C(O)C2OC2(C)C)ccc2c1C1CC3CCC4(O)C(C)(C)C(=O)CCC4(C)C3(C)C1N2. The van der Waals surface area contributed by atoms with E-state index in [0.717, 1.165) is 31.2 Å². The van der Waals surface area contributed by atoms with Crippen molar-refractivity contribution in [3.63, 3.8) is 0 Å². The lowest BCUT2D eigenvalue weighted by Crippen LogP contribution is -2.72. The summed E-state index contributed by atoms with van der Waals surface area (Å²) in [6.07, 6.45) is 6.22. The predicted molar refractivity (Wildman–Crippen MR) is 150 cm³/mol. The van der Waals surface area contributed by atoms with E-state index >= 15 is 0 Å². The number of allylic oxidation sites excluding steroid dienone is 2. The highest BCUT2D eigenvalue weighted by molar-refractivity contribution is 5.87. The average Bonchev–Trinajstić information content (AvgIpc) is 3.18. The molecule has 5 heteroatoms. The summed E-state index contributed by atoms with van der Waals surface area (Å²) in [5.74, 6) is 0.994. The largest absolute Gasteiger partial charge is 0.388 e. The molecule has 1 aromatic rings. The minimum atomic E-state index is -1.02. The number of nitrogens with one attached hydrogen (secondary N) is 1. The molecule has 0 amide bonds. The number of epoxide rings is 1. The normalized spacial score (nSPS) is 42.3. The van der Waals surface area contributed by atoms with Gasteiger partial charge < -0.3 is 20.3 Å². The van der Waals surface area contributed by atoms with Crippen molar-refractivity contribution in [2.45, 2.75) is 129 Å². The van der Waals surface area contributed by atoms with Crippen LogP contribution in [-0.4, -0.2) is 39.3 Å². The molecule has 3 aliphatic carbocycles. The first-order valence-electron chi connectivity index (χ1n) is 14.8. The molecule has 1 aromatic carbocycles. The van der Waals surface area contributed by atoms with Crippen LogP contribution in [0.2, 0.25) is 0 Å². The first-order chi connectivity index (χ1) is 17.6. The van der Waals surface area contributed by atoms with Gasteiger partial charge in [0.05, 0.1) is 16.6 Å². The maximum Gasteiger partial charge on any atom is 0.141 e. The highest BCUT2D eigenvalue weighted by atomic mass is 16.6. The monoisotopic (exact) mass is 521 g/mol. The minimum Gasteiger partial charge on any atom is -0.388 e. The third kappa shape index (κ3) is 3.13. The quantitative estimate of drug-likeness (QED) is 0.323. The maximum atomic E-state index is 13.1. The van der Waals surface area contributed by atoms with Gasteiger partial charge in [0.15, 0.2) is 0 Å². The number of hydrogen-bond donors (Lipinski definition) is 3. The van der Waals surface area contributed by atoms with E-state index in [1.807, 2.05) is 27.7 Å². The van der Waals surface area contributed by atoms with Crippen LogP contribution in [0.15, 0.2) is 23.8 Å². The fraction of sp³-hybridized carbons (Fsp3) is 0.727. The predicted octanol–water partition coefficient (Wildman–Crippen LogP) is 6.23. The van der Waals surface area contributed by atoms with Gasteiger partial charge in [0.25, 0.3) is 0 Å². The summed E-state index contributed by atoms with van der Waals surface area (Å²) in [4.78, 5) is 13.1. The molecular weight excluding hydrogens is 474 g/mol. The van der Waals surface area contributed by atoms with Crippen LogP contribution in [0.4, 0.5) is 5.69 Å². The van der Waals surface area contributed by atoms with Gasteiger partial charge >= 0.3 is 0 Å². The topological polar surface area (TPSA) is 82.1 Å². The van der Waals surface area contributed by atoms with Crippen LogP contribution in [0.3, 0.4) is 0 Å². The van der Waals surface area contributed by atoms with E-state index in [1.54, 1.807) is 0 Å². The first-order valence-corrected chi connectivity index (χ1v) is 14.8. The lowest BCUT2D eigenvalue weighted by molar-refractivity contribution is -0.251. The third-order valence-electron chi connectivity index (χ3n) is 12.4. The summed E-state index contributed by atoms with van der Waals surface area (Å²) in [6.45, 7) is 17.0. The molecule has 2 heterocycles. The zero-order valence-electron chi connectivity index (χ0n) is 24.6. The van der Waals surface area contributed by atoms with Crippen LogP contribution >= 0.6 is 0 Å². The number of aliphatic hydroxyl groups is 2. The lowest BCUT2D eigenvalue weighted by atomic mass is 9.38. The highest BCUT2D eigenvalue weighted by Gasteiger charge is 2.75. The number of aliphatic hydroxyl groups excluding tert-OH is 1. The fourth-order valence-corrected chi connectivity index (χ4v) is 9.71. The second-order valence-electron chi connectivity index (χ2n) is 14.9. The molecule has 5 nitrogen and oxygen atoms in total. The van der Waals surface area contributed by atoms with Gasteiger partial charge in [0, 0.05) is 29.5 Å². The van der Waals surface area contributed by atoms with Crippen LogP contribution < -0.4 is 5.32 Å². The maximum absolute atomic E-state index is 13.1. The van der Waals surface area contributed by atoms with Crippen molar-refractivity contribution in [2.24, 2.45) is 22.2 Å². The van der Waals surface area contributed by atoms with E-state index in [4.69, 9.17) is 4.74 Å². The molecule has 1 saturated heterocycles.